The summed E-state index contributed by atoms with van der Waals surface area (Å²) < 4.78 is 0. The lowest BCUT2D eigenvalue weighted by molar-refractivity contribution is 0.0896. The van der Waals surface area contributed by atoms with Crippen LogP contribution in [0, 0.1) is 5.41 Å². The molecule has 0 amide bonds. The smallest absolute Gasteiger partial charge is 0.0586 e. The van der Waals surface area contributed by atoms with Gasteiger partial charge in [-0.1, -0.05) is 32.6 Å². The molecule has 0 aromatic heterocycles. The zero-order valence-electron chi connectivity index (χ0n) is 12.7. The number of nitrogens with zero attached hydrogens (tertiary/aromatic N) is 1. The second-order valence-corrected chi connectivity index (χ2v) is 6.64. The maximum Gasteiger partial charge on any atom is 0.0586 e. The summed E-state index contributed by atoms with van der Waals surface area (Å²) in [5.41, 5.74) is 0.463. The van der Waals surface area contributed by atoms with Gasteiger partial charge in [0.1, 0.15) is 0 Å². The average molecular weight is 268 g/mol. The molecule has 0 radical (unpaired) electrons. The third-order valence-corrected chi connectivity index (χ3v) is 5.16. The number of aliphatic hydroxyl groups excluding tert-OH is 1. The van der Waals surface area contributed by atoms with Crippen LogP contribution in [0.1, 0.15) is 58.3 Å². The van der Waals surface area contributed by atoms with Gasteiger partial charge in [-0.15, -0.1) is 0 Å². The van der Waals surface area contributed by atoms with Gasteiger partial charge in [-0.2, -0.15) is 0 Å². The Morgan fingerprint density at radius 3 is 2.53 bits per heavy atom. The molecule has 112 valence electrons. The van der Waals surface area contributed by atoms with Gasteiger partial charge in [0.2, 0.25) is 0 Å². The molecule has 3 heteroatoms. The molecule has 2 rings (SSSR count). The zero-order chi connectivity index (χ0) is 13.6. The minimum atomic E-state index is 0.345. The van der Waals surface area contributed by atoms with Crippen molar-refractivity contribution < 1.29 is 5.11 Å². The number of likely N-dealkylation sites (tertiary alicyclic amines) is 1. The first kappa shape index (κ1) is 15.3. The Morgan fingerprint density at radius 1 is 1.16 bits per heavy atom. The highest BCUT2D eigenvalue weighted by Crippen LogP contribution is 2.37. The van der Waals surface area contributed by atoms with Crippen LogP contribution in [0.4, 0.5) is 0 Å². The third kappa shape index (κ3) is 4.17. The van der Waals surface area contributed by atoms with Gasteiger partial charge < -0.3 is 10.4 Å². The van der Waals surface area contributed by atoms with E-state index in [-0.39, 0.29) is 0 Å². The Hall–Kier alpha value is -0.120. The molecule has 19 heavy (non-hydrogen) atoms. The Morgan fingerprint density at radius 2 is 1.89 bits per heavy atom. The van der Waals surface area contributed by atoms with E-state index in [2.05, 4.69) is 17.1 Å². The van der Waals surface area contributed by atoms with Gasteiger partial charge in [0.05, 0.1) is 6.61 Å². The summed E-state index contributed by atoms with van der Waals surface area (Å²) in [7, 11) is 0. The third-order valence-electron chi connectivity index (χ3n) is 5.16. The van der Waals surface area contributed by atoms with Crippen LogP contribution in [-0.4, -0.2) is 48.8 Å². The van der Waals surface area contributed by atoms with E-state index in [1.54, 1.807) is 0 Å². The van der Waals surface area contributed by atoms with Crippen LogP contribution in [0.25, 0.3) is 0 Å². The molecule has 0 bridgehead atoms. The molecule has 0 aromatic rings. The van der Waals surface area contributed by atoms with Crippen molar-refractivity contribution in [1.82, 2.24) is 10.2 Å². The second-order valence-electron chi connectivity index (χ2n) is 6.64. The van der Waals surface area contributed by atoms with E-state index in [1.807, 2.05) is 0 Å². The van der Waals surface area contributed by atoms with Gasteiger partial charge in [-0.3, -0.25) is 4.90 Å². The molecular weight excluding hydrogens is 236 g/mol. The van der Waals surface area contributed by atoms with Crippen molar-refractivity contribution in [2.24, 2.45) is 5.41 Å². The van der Waals surface area contributed by atoms with Gasteiger partial charge in [0, 0.05) is 19.1 Å². The van der Waals surface area contributed by atoms with Crippen LogP contribution in [-0.2, 0) is 0 Å². The fourth-order valence-corrected chi connectivity index (χ4v) is 4.00. The number of aliphatic hydroxyl groups is 1. The van der Waals surface area contributed by atoms with Crippen LogP contribution in [0.5, 0.6) is 0 Å². The number of nitrogens with one attached hydrogen (secondary N) is 1. The topological polar surface area (TPSA) is 35.5 Å². The Labute approximate surface area is 118 Å². The Balaban J connectivity index is 1.99. The van der Waals surface area contributed by atoms with Crippen LogP contribution < -0.4 is 5.32 Å². The van der Waals surface area contributed by atoms with Crippen molar-refractivity contribution in [1.29, 1.82) is 0 Å². The fourth-order valence-electron chi connectivity index (χ4n) is 4.00. The van der Waals surface area contributed by atoms with E-state index in [0.717, 1.165) is 13.1 Å². The highest BCUT2D eigenvalue weighted by Gasteiger charge is 2.35. The molecule has 1 heterocycles. The predicted octanol–water partition coefficient (Wildman–Crippen LogP) is 2.39. The van der Waals surface area contributed by atoms with Crippen molar-refractivity contribution in [3.05, 3.63) is 0 Å². The summed E-state index contributed by atoms with van der Waals surface area (Å²) in [6.45, 7) is 7.18. The minimum Gasteiger partial charge on any atom is -0.395 e. The van der Waals surface area contributed by atoms with Crippen molar-refractivity contribution in [3.8, 4) is 0 Å². The van der Waals surface area contributed by atoms with E-state index < -0.39 is 0 Å². The summed E-state index contributed by atoms with van der Waals surface area (Å²) in [5, 5.41) is 13.1. The molecule has 1 aliphatic heterocycles. The molecule has 3 nitrogen and oxygen atoms in total. The first-order chi connectivity index (χ1) is 9.29. The van der Waals surface area contributed by atoms with E-state index in [0.29, 0.717) is 18.1 Å². The SMILES string of the molecule is CCNCC1(CN2CCCC2CO)CCCCCC1. The Kier molecular flexibility index (Phi) is 6.11. The van der Waals surface area contributed by atoms with E-state index >= 15 is 0 Å². The lowest BCUT2D eigenvalue weighted by Gasteiger charge is -2.39. The largest absolute Gasteiger partial charge is 0.395 e. The van der Waals surface area contributed by atoms with Crippen molar-refractivity contribution in [3.63, 3.8) is 0 Å². The molecule has 1 atom stereocenters. The standard InChI is InChI=1S/C16H32N2O/c1-2-17-13-16(9-5-3-4-6-10-16)14-18-11-7-8-15(18)12-19/h15,17,19H,2-14H2,1H3. The fraction of sp³-hybridized carbons (Fsp3) is 1.00. The normalized spacial score (nSPS) is 28.4. The predicted molar refractivity (Wildman–Crippen MR) is 80.4 cm³/mol. The van der Waals surface area contributed by atoms with Crippen LogP contribution in [0.2, 0.25) is 0 Å². The Bertz CT molecular complexity index is 249. The summed E-state index contributed by atoms with van der Waals surface area (Å²) in [5.74, 6) is 0. The van der Waals surface area contributed by atoms with E-state index in [4.69, 9.17) is 0 Å². The zero-order valence-corrected chi connectivity index (χ0v) is 12.7. The molecule has 1 saturated heterocycles. The van der Waals surface area contributed by atoms with Gasteiger partial charge in [0.15, 0.2) is 0 Å². The van der Waals surface area contributed by atoms with Gasteiger partial charge >= 0.3 is 0 Å². The molecular formula is C16H32N2O. The van der Waals surface area contributed by atoms with E-state index in [9.17, 15) is 5.11 Å². The van der Waals surface area contributed by atoms with Crippen LogP contribution in [0.3, 0.4) is 0 Å². The molecule has 1 unspecified atom stereocenters. The minimum absolute atomic E-state index is 0.345. The quantitative estimate of drug-likeness (QED) is 0.726. The maximum absolute atomic E-state index is 9.52. The summed E-state index contributed by atoms with van der Waals surface area (Å²) >= 11 is 0. The molecule has 2 aliphatic rings. The van der Waals surface area contributed by atoms with Crippen molar-refractivity contribution in [2.75, 3.05) is 32.8 Å². The highest BCUT2D eigenvalue weighted by molar-refractivity contribution is 4.90. The van der Waals surface area contributed by atoms with Crippen LogP contribution >= 0.6 is 0 Å². The second kappa shape index (κ2) is 7.61. The number of hydrogen-bond donors (Lipinski definition) is 2. The van der Waals surface area contributed by atoms with Gasteiger partial charge in [-0.05, 0) is 44.2 Å². The first-order valence-electron chi connectivity index (χ1n) is 8.35. The summed E-state index contributed by atoms with van der Waals surface area (Å²) in [4.78, 5) is 2.57. The monoisotopic (exact) mass is 268 g/mol. The van der Waals surface area contributed by atoms with Gasteiger partial charge in [0.25, 0.3) is 0 Å². The summed E-state index contributed by atoms with van der Waals surface area (Å²) in [6.07, 6.45) is 10.8. The number of hydrogen-bond acceptors (Lipinski definition) is 3. The molecule has 2 fully saturated rings. The van der Waals surface area contributed by atoms with E-state index in [1.165, 1.54) is 64.5 Å². The molecule has 1 aliphatic carbocycles. The van der Waals surface area contributed by atoms with Crippen molar-refractivity contribution in [2.45, 2.75) is 64.3 Å². The lowest BCUT2D eigenvalue weighted by Crippen LogP contribution is -2.46. The molecule has 0 spiro atoms. The first-order valence-corrected chi connectivity index (χ1v) is 8.35. The average Bonchev–Trinajstić information content (AvgIpc) is 2.74. The highest BCUT2D eigenvalue weighted by atomic mass is 16.3. The maximum atomic E-state index is 9.52. The van der Waals surface area contributed by atoms with Crippen molar-refractivity contribution >= 4 is 0 Å². The molecule has 1 saturated carbocycles. The molecule has 0 aromatic carbocycles. The molecule has 2 N–H and O–H groups in total. The van der Waals surface area contributed by atoms with Crippen LogP contribution in [0.15, 0.2) is 0 Å². The number of rotatable bonds is 6. The lowest BCUT2D eigenvalue weighted by atomic mass is 9.79. The summed E-state index contributed by atoms with van der Waals surface area (Å²) in [6, 6.07) is 0.432. The van der Waals surface area contributed by atoms with Gasteiger partial charge in [-0.25, -0.2) is 0 Å².